The molecule has 0 aliphatic heterocycles. The van der Waals surface area contributed by atoms with Gasteiger partial charge in [0.25, 0.3) is 0 Å². The molecule has 0 fully saturated rings. The summed E-state index contributed by atoms with van der Waals surface area (Å²) < 4.78 is 6.57. The highest BCUT2D eigenvalue weighted by Gasteiger charge is 2.36. The van der Waals surface area contributed by atoms with E-state index in [9.17, 15) is 0 Å². The van der Waals surface area contributed by atoms with Crippen LogP contribution in [0.1, 0.15) is 25.0 Å². The average molecular weight is 678 g/mol. The summed E-state index contributed by atoms with van der Waals surface area (Å²) in [6.45, 7) is 4.72. The third-order valence-electron chi connectivity index (χ3n) is 11.6. The standard InChI is InChI=1S/C51H35NO/c1-51(2)45-22-12-10-19-39(45)40-26-24-33(30-46(40)51)52(34-25-27-42-41-20-11-13-23-47(41)53-48(42)31-34)50-35(32-14-4-3-5-15-32)28-29-44-38-18-7-6-16-36(38)37-17-8-9-21-43(37)49(44)50/h3-31H,1-2H3. The fourth-order valence-corrected chi connectivity index (χ4v) is 9.15. The largest absolute Gasteiger partial charge is 0.456 e. The van der Waals surface area contributed by atoms with Crippen molar-refractivity contribution in [1.82, 2.24) is 0 Å². The van der Waals surface area contributed by atoms with Crippen LogP contribution < -0.4 is 4.90 Å². The highest BCUT2D eigenvalue weighted by atomic mass is 16.3. The molecule has 2 heteroatoms. The molecule has 1 aromatic heterocycles. The van der Waals surface area contributed by atoms with E-state index in [4.69, 9.17) is 4.42 Å². The molecule has 1 heterocycles. The topological polar surface area (TPSA) is 16.4 Å². The second-order valence-electron chi connectivity index (χ2n) is 14.9. The van der Waals surface area contributed by atoms with Crippen molar-refractivity contribution in [2.45, 2.75) is 19.3 Å². The molecule has 0 saturated carbocycles. The van der Waals surface area contributed by atoms with E-state index in [1.807, 2.05) is 6.07 Å². The van der Waals surface area contributed by atoms with Gasteiger partial charge < -0.3 is 9.32 Å². The number of para-hydroxylation sites is 1. The minimum Gasteiger partial charge on any atom is -0.456 e. The molecule has 0 saturated heterocycles. The van der Waals surface area contributed by atoms with E-state index in [0.29, 0.717) is 0 Å². The summed E-state index contributed by atoms with van der Waals surface area (Å²) in [6, 6.07) is 64.3. The molecule has 1 aliphatic carbocycles. The lowest BCUT2D eigenvalue weighted by molar-refractivity contribution is 0.660. The van der Waals surface area contributed by atoms with Crippen LogP contribution in [-0.4, -0.2) is 0 Å². The first kappa shape index (κ1) is 30.0. The van der Waals surface area contributed by atoms with E-state index in [1.165, 1.54) is 65.7 Å². The molecule has 0 radical (unpaired) electrons. The Morgan fingerprint density at radius 3 is 1.72 bits per heavy atom. The third-order valence-corrected chi connectivity index (χ3v) is 11.6. The Morgan fingerprint density at radius 2 is 0.925 bits per heavy atom. The van der Waals surface area contributed by atoms with Gasteiger partial charge in [-0.2, -0.15) is 0 Å². The van der Waals surface area contributed by atoms with Gasteiger partial charge in [0.15, 0.2) is 0 Å². The van der Waals surface area contributed by atoms with E-state index in [0.717, 1.165) is 39.0 Å². The van der Waals surface area contributed by atoms with Crippen LogP contribution >= 0.6 is 0 Å². The monoisotopic (exact) mass is 677 g/mol. The molecule has 0 bridgehead atoms. The Bertz CT molecular complexity index is 3060. The molecule has 0 atom stereocenters. The molecule has 53 heavy (non-hydrogen) atoms. The minimum absolute atomic E-state index is 0.153. The minimum atomic E-state index is -0.153. The fraction of sp³-hybridized carbons (Fsp3) is 0.0588. The van der Waals surface area contributed by atoms with Crippen molar-refractivity contribution in [2.24, 2.45) is 0 Å². The average Bonchev–Trinajstić information content (AvgIpc) is 3.69. The first-order chi connectivity index (χ1) is 26.1. The first-order valence-electron chi connectivity index (χ1n) is 18.4. The van der Waals surface area contributed by atoms with Gasteiger partial charge in [-0.25, -0.2) is 0 Å². The van der Waals surface area contributed by atoms with Gasteiger partial charge in [-0.3, -0.25) is 0 Å². The van der Waals surface area contributed by atoms with Crippen molar-refractivity contribution in [1.29, 1.82) is 0 Å². The van der Waals surface area contributed by atoms with E-state index in [2.05, 4.69) is 189 Å². The lowest BCUT2D eigenvalue weighted by Crippen LogP contribution is -2.17. The van der Waals surface area contributed by atoms with Crippen molar-refractivity contribution >= 4 is 71.3 Å². The summed E-state index contributed by atoms with van der Waals surface area (Å²) in [6.07, 6.45) is 0. The van der Waals surface area contributed by atoms with Crippen molar-refractivity contribution in [2.75, 3.05) is 4.90 Å². The molecule has 0 N–H and O–H groups in total. The number of hydrogen-bond donors (Lipinski definition) is 0. The maximum absolute atomic E-state index is 6.57. The second-order valence-corrected chi connectivity index (χ2v) is 14.9. The van der Waals surface area contributed by atoms with Crippen LogP contribution in [0, 0.1) is 0 Å². The van der Waals surface area contributed by atoms with E-state index in [1.54, 1.807) is 0 Å². The summed E-state index contributed by atoms with van der Waals surface area (Å²) in [5, 5.41) is 9.71. The summed E-state index contributed by atoms with van der Waals surface area (Å²) >= 11 is 0. The Labute approximate surface area is 308 Å². The van der Waals surface area contributed by atoms with Gasteiger partial charge >= 0.3 is 0 Å². The number of rotatable bonds is 4. The van der Waals surface area contributed by atoms with Crippen LogP contribution in [0.4, 0.5) is 17.1 Å². The van der Waals surface area contributed by atoms with Crippen LogP contribution in [0.2, 0.25) is 0 Å². The zero-order chi connectivity index (χ0) is 35.3. The molecule has 11 rings (SSSR count). The number of anilines is 3. The van der Waals surface area contributed by atoms with Crippen LogP contribution in [-0.2, 0) is 5.41 Å². The highest BCUT2D eigenvalue weighted by molar-refractivity contribution is 6.30. The third kappa shape index (κ3) is 4.33. The number of hydrogen-bond acceptors (Lipinski definition) is 2. The van der Waals surface area contributed by atoms with Gasteiger partial charge in [0.2, 0.25) is 0 Å². The summed E-state index contributed by atoms with van der Waals surface area (Å²) in [5.41, 5.74) is 12.6. The quantitative estimate of drug-likeness (QED) is 0.172. The molecule has 0 amide bonds. The van der Waals surface area contributed by atoms with Gasteiger partial charge in [0.05, 0.1) is 5.69 Å². The lowest BCUT2D eigenvalue weighted by Gasteiger charge is -2.31. The van der Waals surface area contributed by atoms with Crippen LogP contribution in [0.25, 0.3) is 76.5 Å². The predicted octanol–water partition coefficient (Wildman–Crippen LogP) is 14.5. The van der Waals surface area contributed by atoms with E-state index < -0.39 is 0 Å². The maximum atomic E-state index is 6.57. The summed E-state index contributed by atoms with van der Waals surface area (Å²) in [5.74, 6) is 0. The van der Waals surface area contributed by atoms with Gasteiger partial charge in [0, 0.05) is 44.6 Å². The summed E-state index contributed by atoms with van der Waals surface area (Å²) in [7, 11) is 0. The normalized spacial score (nSPS) is 13.2. The van der Waals surface area contributed by atoms with Gasteiger partial charge in [-0.15, -0.1) is 0 Å². The molecule has 250 valence electrons. The maximum Gasteiger partial charge on any atom is 0.137 e. The first-order valence-corrected chi connectivity index (χ1v) is 18.4. The van der Waals surface area contributed by atoms with Crippen LogP contribution in [0.15, 0.2) is 180 Å². The molecule has 9 aromatic carbocycles. The summed E-state index contributed by atoms with van der Waals surface area (Å²) in [4.78, 5) is 2.50. The number of nitrogens with zero attached hydrogens (tertiary/aromatic N) is 1. The van der Waals surface area contributed by atoms with Gasteiger partial charge in [-0.1, -0.05) is 153 Å². The van der Waals surface area contributed by atoms with E-state index in [-0.39, 0.29) is 5.41 Å². The second kappa shape index (κ2) is 11.2. The van der Waals surface area contributed by atoms with Crippen molar-refractivity contribution < 1.29 is 4.42 Å². The Morgan fingerprint density at radius 1 is 0.396 bits per heavy atom. The molecular weight excluding hydrogens is 643 g/mol. The molecular formula is C51H35NO. The highest BCUT2D eigenvalue weighted by Crippen LogP contribution is 2.53. The fourth-order valence-electron chi connectivity index (χ4n) is 9.15. The Balaban J connectivity index is 1.30. The van der Waals surface area contributed by atoms with Gasteiger partial charge in [0.1, 0.15) is 11.2 Å². The molecule has 2 nitrogen and oxygen atoms in total. The van der Waals surface area contributed by atoms with Crippen molar-refractivity contribution in [3.8, 4) is 22.3 Å². The SMILES string of the molecule is CC1(C)c2ccccc2-c2ccc(N(c3ccc4c(c3)oc3ccccc34)c3c(-c4ccccc4)ccc4c5ccccc5c5ccccc5c34)cc21. The number of benzene rings is 9. The number of fused-ring (bicyclic) bond motifs is 12. The van der Waals surface area contributed by atoms with Gasteiger partial charge in [-0.05, 0) is 85.1 Å². The zero-order valence-corrected chi connectivity index (χ0v) is 29.6. The molecule has 0 unspecified atom stereocenters. The number of furan rings is 1. The molecule has 10 aromatic rings. The van der Waals surface area contributed by atoms with Crippen LogP contribution in [0.3, 0.4) is 0 Å². The molecule has 1 aliphatic rings. The predicted molar refractivity (Wildman–Crippen MR) is 224 cm³/mol. The smallest absolute Gasteiger partial charge is 0.137 e. The lowest BCUT2D eigenvalue weighted by atomic mass is 9.82. The van der Waals surface area contributed by atoms with Crippen molar-refractivity contribution in [3.63, 3.8) is 0 Å². The Hall–Kier alpha value is -6.64. The van der Waals surface area contributed by atoms with Crippen LogP contribution in [0.5, 0.6) is 0 Å². The van der Waals surface area contributed by atoms with E-state index >= 15 is 0 Å². The molecule has 0 spiro atoms. The Kier molecular flexibility index (Phi) is 6.33. The zero-order valence-electron chi connectivity index (χ0n) is 29.6. The van der Waals surface area contributed by atoms with Crippen molar-refractivity contribution in [3.05, 3.63) is 187 Å².